The number of benzene rings is 1. The summed E-state index contributed by atoms with van der Waals surface area (Å²) in [7, 11) is 4.00. The van der Waals surface area contributed by atoms with E-state index in [1.54, 1.807) is 17.7 Å². The predicted molar refractivity (Wildman–Crippen MR) is 109 cm³/mol. The third-order valence-electron chi connectivity index (χ3n) is 4.73. The Bertz CT molecular complexity index is 1170. The van der Waals surface area contributed by atoms with Crippen LogP contribution >= 0.6 is 22.9 Å². The number of hydrogen-bond donors (Lipinski definition) is 0. The first-order valence-electron chi connectivity index (χ1n) is 8.85. The first-order valence-corrected chi connectivity index (χ1v) is 10.1. The van der Waals surface area contributed by atoms with Gasteiger partial charge >= 0.3 is 0 Å². The van der Waals surface area contributed by atoms with E-state index in [1.807, 2.05) is 37.7 Å². The Morgan fingerprint density at radius 3 is 3.00 bits per heavy atom. The molecule has 5 rings (SSSR count). The molecule has 8 heteroatoms. The van der Waals surface area contributed by atoms with Crippen molar-refractivity contribution in [3.05, 3.63) is 58.3 Å². The highest BCUT2D eigenvalue weighted by atomic mass is 35.5. The lowest BCUT2D eigenvalue weighted by Crippen LogP contribution is -2.14. The maximum Gasteiger partial charge on any atom is 0.181 e. The minimum atomic E-state index is -0.231. The standard InChI is InChI=1S/C20H17ClN4O2S/c1-25(2)8-15-19(26-10-24-15)16-6-11-5-12(21)7-13(18(11)27-16)17-20-14(3-4-28-20)22-9-23-17/h3-5,7,9-10,16H,6,8H2,1-2H3/t16-/m1/s1. The number of nitrogens with zero attached hydrogens (tertiary/aromatic N) is 4. The maximum atomic E-state index is 6.44. The molecule has 0 N–H and O–H groups in total. The second-order valence-corrected chi connectivity index (χ2v) is 8.36. The van der Waals surface area contributed by atoms with Crippen LogP contribution in [0.1, 0.15) is 23.1 Å². The van der Waals surface area contributed by atoms with Gasteiger partial charge in [0.2, 0.25) is 0 Å². The van der Waals surface area contributed by atoms with Crippen molar-refractivity contribution in [3.8, 4) is 17.0 Å². The molecule has 4 heterocycles. The molecule has 1 aromatic carbocycles. The van der Waals surface area contributed by atoms with E-state index in [9.17, 15) is 0 Å². The minimum Gasteiger partial charge on any atom is -0.481 e. The van der Waals surface area contributed by atoms with Crippen LogP contribution in [0.5, 0.6) is 5.75 Å². The van der Waals surface area contributed by atoms with E-state index in [0.29, 0.717) is 18.0 Å². The number of ether oxygens (including phenoxy) is 1. The summed E-state index contributed by atoms with van der Waals surface area (Å²) in [5, 5.41) is 2.67. The van der Waals surface area contributed by atoms with Crippen LogP contribution in [-0.2, 0) is 13.0 Å². The molecule has 0 saturated carbocycles. The molecule has 0 bridgehead atoms. The molecule has 0 amide bonds. The van der Waals surface area contributed by atoms with Gasteiger partial charge in [0.1, 0.15) is 17.8 Å². The van der Waals surface area contributed by atoms with Gasteiger partial charge in [0.25, 0.3) is 0 Å². The minimum absolute atomic E-state index is 0.231. The van der Waals surface area contributed by atoms with Crippen molar-refractivity contribution < 1.29 is 9.15 Å². The molecule has 0 spiro atoms. The van der Waals surface area contributed by atoms with E-state index >= 15 is 0 Å². The Hall–Kier alpha value is -2.48. The fourth-order valence-corrected chi connectivity index (χ4v) is 4.68. The van der Waals surface area contributed by atoms with Crippen LogP contribution in [0, 0.1) is 0 Å². The van der Waals surface area contributed by atoms with Crippen molar-refractivity contribution in [1.82, 2.24) is 19.9 Å². The second-order valence-electron chi connectivity index (χ2n) is 7.01. The molecule has 0 saturated heterocycles. The van der Waals surface area contributed by atoms with Crippen LogP contribution in [0.3, 0.4) is 0 Å². The zero-order chi connectivity index (χ0) is 19.3. The van der Waals surface area contributed by atoms with E-state index in [0.717, 1.165) is 44.2 Å². The summed E-state index contributed by atoms with van der Waals surface area (Å²) in [5.41, 5.74) is 4.57. The number of fused-ring (bicyclic) bond motifs is 2. The topological polar surface area (TPSA) is 64.3 Å². The van der Waals surface area contributed by atoms with Gasteiger partial charge in [0, 0.05) is 29.1 Å². The van der Waals surface area contributed by atoms with Crippen molar-refractivity contribution in [3.63, 3.8) is 0 Å². The average molecular weight is 413 g/mol. The monoisotopic (exact) mass is 412 g/mol. The summed E-state index contributed by atoms with van der Waals surface area (Å²) in [5.74, 6) is 1.56. The van der Waals surface area contributed by atoms with Crippen LogP contribution in [0.25, 0.3) is 21.5 Å². The van der Waals surface area contributed by atoms with Gasteiger partial charge in [0.15, 0.2) is 18.3 Å². The maximum absolute atomic E-state index is 6.44. The van der Waals surface area contributed by atoms with E-state index < -0.39 is 0 Å². The lowest BCUT2D eigenvalue weighted by molar-refractivity contribution is 0.202. The summed E-state index contributed by atoms with van der Waals surface area (Å²) >= 11 is 8.05. The van der Waals surface area contributed by atoms with Crippen LogP contribution in [0.2, 0.25) is 5.02 Å². The molecule has 4 aromatic rings. The first-order chi connectivity index (χ1) is 13.6. The van der Waals surface area contributed by atoms with Gasteiger partial charge in [-0.3, -0.25) is 0 Å². The molecule has 0 aliphatic carbocycles. The van der Waals surface area contributed by atoms with E-state index in [4.69, 9.17) is 20.8 Å². The summed E-state index contributed by atoms with van der Waals surface area (Å²) in [4.78, 5) is 15.3. The lowest BCUT2D eigenvalue weighted by Gasteiger charge is -2.13. The normalized spacial score (nSPS) is 15.9. The predicted octanol–water partition coefficient (Wildman–Crippen LogP) is 4.74. The molecule has 0 fully saturated rings. The fourth-order valence-electron chi connectivity index (χ4n) is 3.59. The molecule has 6 nitrogen and oxygen atoms in total. The molecule has 1 aliphatic rings. The van der Waals surface area contributed by atoms with Gasteiger partial charge in [-0.25, -0.2) is 15.0 Å². The lowest BCUT2D eigenvalue weighted by atomic mass is 10.0. The number of halogens is 1. The van der Waals surface area contributed by atoms with Gasteiger partial charge in [0.05, 0.1) is 15.9 Å². The smallest absolute Gasteiger partial charge is 0.181 e. The zero-order valence-electron chi connectivity index (χ0n) is 15.3. The van der Waals surface area contributed by atoms with Gasteiger partial charge in [-0.1, -0.05) is 11.6 Å². The van der Waals surface area contributed by atoms with Gasteiger partial charge in [-0.2, -0.15) is 0 Å². The van der Waals surface area contributed by atoms with Crippen molar-refractivity contribution in [2.45, 2.75) is 19.1 Å². The largest absolute Gasteiger partial charge is 0.481 e. The molecule has 1 aliphatic heterocycles. The average Bonchev–Trinajstić information content (AvgIpc) is 3.38. The van der Waals surface area contributed by atoms with Crippen LogP contribution in [0.4, 0.5) is 0 Å². The van der Waals surface area contributed by atoms with Crippen molar-refractivity contribution >= 4 is 33.2 Å². The Morgan fingerprint density at radius 1 is 1.25 bits per heavy atom. The number of thiophene rings is 1. The van der Waals surface area contributed by atoms with E-state index in [-0.39, 0.29) is 6.10 Å². The summed E-state index contributed by atoms with van der Waals surface area (Å²) in [6, 6.07) is 5.85. The number of rotatable bonds is 4. The molecule has 3 aromatic heterocycles. The molecular formula is C20H17ClN4O2S. The van der Waals surface area contributed by atoms with Gasteiger partial charge in [-0.05, 0) is 37.7 Å². The quantitative estimate of drug-likeness (QED) is 0.482. The molecule has 0 radical (unpaired) electrons. The first kappa shape index (κ1) is 17.6. The molecule has 0 unspecified atom stereocenters. The Balaban J connectivity index is 1.58. The fraction of sp³-hybridized carbons (Fsp3) is 0.250. The van der Waals surface area contributed by atoms with Gasteiger partial charge < -0.3 is 14.1 Å². The van der Waals surface area contributed by atoms with E-state index in [2.05, 4.69) is 19.9 Å². The SMILES string of the molecule is CN(C)Cc1ncoc1[C@H]1Cc2cc(Cl)cc(-c3ncnc4ccsc34)c2O1. The molecule has 28 heavy (non-hydrogen) atoms. The summed E-state index contributed by atoms with van der Waals surface area (Å²) < 4.78 is 13.1. The molecule has 142 valence electrons. The number of hydrogen-bond acceptors (Lipinski definition) is 7. The van der Waals surface area contributed by atoms with Crippen molar-refractivity contribution in [2.24, 2.45) is 0 Å². The highest BCUT2D eigenvalue weighted by molar-refractivity contribution is 7.17. The zero-order valence-corrected chi connectivity index (χ0v) is 16.9. The summed E-state index contributed by atoms with van der Waals surface area (Å²) in [6.07, 6.45) is 3.51. The van der Waals surface area contributed by atoms with Crippen molar-refractivity contribution in [1.29, 1.82) is 0 Å². The number of oxazole rings is 1. The Kier molecular flexibility index (Phi) is 4.30. The molecular weight excluding hydrogens is 396 g/mol. The number of aromatic nitrogens is 3. The van der Waals surface area contributed by atoms with E-state index in [1.165, 1.54) is 6.39 Å². The van der Waals surface area contributed by atoms with Gasteiger partial charge in [-0.15, -0.1) is 11.3 Å². The third kappa shape index (κ3) is 2.96. The Labute approximate surface area is 170 Å². The second kappa shape index (κ2) is 6.84. The Morgan fingerprint density at radius 2 is 2.14 bits per heavy atom. The summed E-state index contributed by atoms with van der Waals surface area (Å²) in [6.45, 7) is 0.692. The van der Waals surface area contributed by atoms with Crippen LogP contribution in [0.15, 0.2) is 40.7 Å². The van der Waals surface area contributed by atoms with Crippen LogP contribution < -0.4 is 4.74 Å². The highest BCUT2D eigenvalue weighted by Crippen LogP contribution is 2.46. The van der Waals surface area contributed by atoms with Crippen molar-refractivity contribution in [2.75, 3.05) is 14.1 Å². The van der Waals surface area contributed by atoms with Crippen LogP contribution in [-0.4, -0.2) is 33.9 Å². The third-order valence-corrected chi connectivity index (χ3v) is 5.85. The highest BCUT2D eigenvalue weighted by Gasteiger charge is 2.32. The molecule has 1 atom stereocenters.